The highest BCUT2D eigenvalue weighted by Gasteiger charge is 2.16. The van der Waals surface area contributed by atoms with Crippen LogP contribution in [0.15, 0.2) is 5.16 Å². The highest BCUT2D eigenvalue weighted by atomic mass is 19.2. The van der Waals surface area contributed by atoms with Gasteiger partial charge in [-0.3, -0.25) is 4.79 Å². The van der Waals surface area contributed by atoms with Gasteiger partial charge in [0.1, 0.15) is 6.21 Å². The minimum atomic E-state index is -2.98. The average Bonchev–Trinajstić information content (AvgIpc) is 1.86. The summed E-state index contributed by atoms with van der Waals surface area (Å²) in [7, 11) is -0.0470. The molecule has 0 N–H and O–H groups in total. The first-order chi connectivity index (χ1) is 5.04. The van der Waals surface area contributed by atoms with Crippen LogP contribution in [-0.2, 0) is 9.55 Å². The van der Waals surface area contributed by atoms with E-state index in [9.17, 15) is 13.4 Å². The number of carbonyl (C=O) groups is 1. The van der Waals surface area contributed by atoms with E-state index in [0.29, 0.717) is 6.21 Å². The summed E-state index contributed by atoms with van der Waals surface area (Å²) >= 11 is 0. The van der Waals surface area contributed by atoms with E-state index in [2.05, 4.69) is 9.91 Å². The molecule has 0 unspecified atom stereocenters. The molecule has 0 aliphatic heterocycles. The number of nitrogens with zero attached hydrogens (tertiary/aromatic N) is 2. The number of halogens is 2. The Hall–Kier alpha value is -1.14. The number of hydrogen-bond donors (Lipinski definition) is 0. The highest BCUT2D eigenvalue weighted by Crippen LogP contribution is 1.87. The number of oxime groups is 1. The smallest absolute Gasteiger partial charge is 0.397 e. The maximum absolute atomic E-state index is 11.2. The van der Waals surface area contributed by atoms with E-state index in [4.69, 9.17) is 0 Å². The molecule has 0 radical (unpaired) electrons. The molecule has 4 nitrogen and oxygen atoms in total. The lowest BCUT2D eigenvalue weighted by Gasteiger charge is -2.03. The lowest BCUT2D eigenvalue weighted by atomic mass is 10.4. The van der Waals surface area contributed by atoms with Gasteiger partial charge in [-0.1, -0.05) is 0 Å². The van der Waals surface area contributed by atoms with Crippen molar-refractivity contribution < 1.29 is 18.2 Å². The molecule has 0 aliphatic carbocycles. The van der Waals surface area contributed by atoms with Gasteiger partial charge in [0.25, 0.3) is 5.91 Å². The molecule has 0 aromatic heterocycles. The SMILES string of the molecule is CN(C)C(=O)/C=N/OB(F)F. The van der Waals surface area contributed by atoms with Gasteiger partial charge in [0.15, 0.2) is 0 Å². The maximum atomic E-state index is 11.2. The second-order valence-electron chi connectivity index (χ2n) is 1.83. The molecule has 0 spiro atoms. The molecule has 0 bridgehead atoms. The van der Waals surface area contributed by atoms with Crippen molar-refractivity contribution in [2.24, 2.45) is 5.16 Å². The van der Waals surface area contributed by atoms with Gasteiger partial charge in [0.2, 0.25) is 0 Å². The van der Waals surface area contributed by atoms with Crippen molar-refractivity contribution in [3.8, 4) is 0 Å². The minimum Gasteiger partial charge on any atom is -0.397 e. The Morgan fingerprint density at radius 1 is 1.64 bits per heavy atom. The molecule has 62 valence electrons. The first-order valence-electron chi connectivity index (χ1n) is 2.72. The van der Waals surface area contributed by atoms with E-state index >= 15 is 0 Å². The van der Waals surface area contributed by atoms with E-state index in [1.807, 2.05) is 0 Å². The van der Waals surface area contributed by atoms with Gasteiger partial charge >= 0.3 is 7.47 Å². The normalized spacial score (nSPS) is 9.82. The van der Waals surface area contributed by atoms with Gasteiger partial charge in [0, 0.05) is 14.1 Å². The highest BCUT2D eigenvalue weighted by molar-refractivity contribution is 6.34. The summed E-state index contributed by atoms with van der Waals surface area (Å²) in [6.07, 6.45) is 0.673. The number of hydrogen-bond acceptors (Lipinski definition) is 3. The Bertz CT molecular complexity index is 162. The Morgan fingerprint density at radius 2 is 2.18 bits per heavy atom. The van der Waals surface area contributed by atoms with Crippen molar-refractivity contribution in [1.82, 2.24) is 4.90 Å². The van der Waals surface area contributed by atoms with Crippen LogP contribution >= 0.6 is 0 Å². The van der Waals surface area contributed by atoms with E-state index < -0.39 is 13.4 Å². The van der Waals surface area contributed by atoms with Crippen molar-refractivity contribution >= 4 is 19.6 Å². The molecule has 11 heavy (non-hydrogen) atoms. The molecule has 1 amide bonds. The fourth-order valence-corrected chi connectivity index (χ4v) is 0.237. The van der Waals surface area contributed by atoms with E-state index in [-0.39, 0.29) is 0 Å². The summed E-state index contributed by atoms with van der Waals surface area (Å²) in [4.78, 5) is 11.8. The fraction of sp³-hybridized carbons (Fsp3) is 0.500. The van der Waals surface area contributed by atoms with Crippen molar-refractivity contribution in [3.05, 3.63) is 0 Å². The van der Waals surface area contributed by atoms with Crippen LogP contribution in [0.5, 0.6) is 0 Å². The molecule has 0 aromatic rings. The lowest BCUT2D eigenvalue weighted by molar-refractivity contribution is -0.121. The van der Waals surface area contributed by atoms with Gasteiger partial charge in [0.05, 0.1) is 0 Å². The molecule has 7 heteroatoms. The second-order valence-corrected chi connectivity index (χ2v) is 1.83. The molecule has 0 atom stereocenters. The number of amides is 1. The van der Waals surface area contributed by atoms with Crippen LogP contribution in [0.3, 0.4) is 0 Å². The predicted molar refractivity (Wildman–Crippen MR) is 36.2 cm³/mol. The molecular weight excluding hydrogens is 157 g/mol. The summed E-state index contributed by atoms with van der Waals surface area (Å²) in [6, 6.07) is 0. The molecule has 0 aromatic carbocycles. The third-order valence-corrected chi connectivity index (χ3v) is 0.744. The molecule has 0 fully saturated rings. The van der Waals surface area contributed by atoms with Crippen molar-refractivity contribution in [1.29, 1.82) is 0 Å². The summed E-state index contributed by atoms with van der Waals surface area (Å²) in [5, 5.41) is 2.73. The quantitative estimate of drug-likeness (QED) is 0.334. The number of carbonyl (C=O) groups excluding carboxylic acids is 1. The lowest BCUT2D eigenvalue weighted by Crippen LogP contribution is -2.22. The third kappa shape index (κ3) is 5.32. The zero-order chi connectivity index (χ0) is 8.85. The molecule has 0 rings (SSSR count). The summed E-state index contributed by atoms with van der Waals surface area (Å²) < 4.78 is 25.9. The molecule has 0 aliphatic rings. The van der Waals surface area contributed by atoms with Crippen LogP contribution in [-0.4, -0.2) is 38.6 Å². The van der Waals surface area contributed by atoms with Gasteiger partial charge < -0.3 is 9.65 Å². The van der Waals surface area contributed by atoms with Crippen LogP contribution < -0.4 is 0 Å². The predicted octanol–water partition coefficient (Wildman–Crippen LogP) is 0.000900. The molecule has 0 saturated carbocycles. The molecule has 0 heterocycles. The van der Waals surface area contributed by atoms with Crippen molar-refractivity contribution in [2.75, 3.05) is 14.1 Å². The standard InChI is InChI=1S/C4H7BF2N2O2/c1-9(2)4(10)3-8-11-5(6)7/h3H,1-2H3/b8-3+. The Kier molecular flexibility index (Phi) is 4.17. The summed E-state index contributed by atoms with van der Waals surface area (Å²) in [6.45, 7) is 0. The van der Waals surface area contributed by atoms with Crippen LogP contribution in [0.4, 0.5) is 8.63 Å². The number of rotatable bonds is 3. The zero-order valence-corrected chi connectivity index (χ0v) is 6.12. The Morgan fingerprint density at radius 3 is 2.55 bits per heavy atom. The van der Waals surface area contributed by atoms with Crippen LogP contribution in [0, 0.1) is 0 Å². The van der Waals surface area contributed by atoms with Crippen molar-refractivity contribution in [3.63, 3.8) is 0 Å². The van der Waals surface area contributed by atoms with E-state index in [1.165, 1.54) is 19.0 Å². The maximum Gasteiger partial charge on any atom is 0.818 e. The van der Waals surface area contributed by atoms with Crippen LogP contribution in [0.2, 0.25) is 0 Å². The van der Waals surface area contributed by atoms with Gasteiger partial charge in [-0.05, 0) is 0 Å². The summed E-state index contributed by atoms with van der Waals surface area (Å²) in [5.74, 6) is -0.509. The van der Waals surface area contributed by atoms with Crippen molar-refractivity contribution in [2.45, 2.75) is 0 Å². The average molecular weight is 164 g/mol. The molecular formula is C4H7BF2N2O2. The van der Waals surface area contributed by atoms with Gasteiger partial charge in [-0.25, -0.2) is 8.63 Å². The minimum absolute atomic E-state index is 0.509. The first-order valence-corrected chi connectivity index (χ1v) is 2.72. The van der Waals surface area contributed by atoms with E-state index in [1.54, 1.807) is 0 Å². The van der Waals surface area contributed by atoms with Gasteiger partial charge in [-0.15, -0.1) is 5.16 Å². The van der Waals surface area contributed by atoms with Crippen LogP contribution in [0.25, 0.3) is 0 Å². The monoisotopic (exact) mass is 164 g/mol. The Balaban J connectivity index is 3.66. The molecule has 0 saturated heterocycles. The third-order valence-electron chi connectivity index (χ3n) is 0.744. The second kappa shape index (κ2) is 4.65. The van der Waals surface area contributed by atoms with Crippen LogP contribution in [0.1, 0.15) is 0 Å². The largest absolute Gasteiger partial charge is 0.818 e. The topological polar surface area (TPSA) is 41.9 Å². The Labute approximate surface area is 63.0 Å². The summed E-state index contributed by atoms with van der Waals surface area (Å²) in [5.41, 5.74) is 0. The fourth-order valence-electron chi connectivity index (χ4n) is 0.237. The zero-order valence-electron chi connectivity index (χ0n) is 6.12. The first kappa shape index (κ1) is 9.86. The van der Waals surface area contributed by atoms with E-state index in [0.717, 1.165) is 0 Å². The van der Waals surface area contributed by atoms with Gasteiger partial charge in [-0.2, -0.15) is 0 Å².